The summed E-state index contributed by atoms with van der Waals surface area (Å²) < 4.78 is 35.0. The Bertz CT molecular complexity index is 923. The van der Waals surface area contributed by atoms with E-state index in [-0.39, 0.29) is 12.3 Å². The van der Waals surface area contributed by atoms with Gasteiger partial charge in [0, 0.05) is 30.4 Å². The van der Waals surface area contributed by atoms with Gasteiger partial charge < -0.3 is 25.1 Å². The Labute approximate surface area is 161 Å². The highest BCUT2D eigenvalue weighted by Crippen LogP contribution is 2.25. The van der Waals surface area contributed by atoms with Crippen LogP contribution in [0.2, 0.25) is 0 Å². The number of para-hydroxylation sites is 1. The quantitative estimate of drug-likeness (QED) is 0.427. The lowest BCUT2D eigenvalue weighted by molar-refractivity contribution is -0.0504. The van der Waals surface area contributed by atoms with Gasteiger partial charge >= 0.3 is 6.61 Å². The number of nitrogens with one attached hydrogen (secondary N) is 3. The minimum Gasteiger partial charge on any atom is -0.497 e. The van der Waals surface area contributed by atoms with E-state index in [1.165, 1.54) is 13.2 Å². The third kappa shape index (κ3) is 4.91. The van der Waals surface area contributed by atoms with Crippen molar-refractivity contribution in [2.45, 2.75) is 19.7 Å². The Hall–Kier alpha value is -3.29. The molecule has 3 aromatic rings. The van der Waals surface area contributed by atoms with Gasteiger partial charge in [-0.3, -0.25) is 4.99 Å². The van der Waals surface area contributed by atoms with Crippen LogP contribution in [0.25, 0.3) is 10.9 Å². The summed E-state index contributed by atoms with van der Waals surface area (Å²) >= 11 is 0. The van der Waals surface area contributed by atoms with E-state index < -0.39 is 6.61 Å². The monoisotopic (exact) mass is 388 g/mol. The number of benzene rings is 2. The van der Waals surface area contributed by atoms with Gasteiger partial charge in [0.05, 0.1) is 13.7 Å². The first kappa shape index (κ1) is 19.5. The first-order chi connectivity index (χ1) is 13.6. The molecule has 0 radical (unpaired) electrons. The van der Waals surface area contributed by atoms with Gasteiger partial charge in [0.15, 0.2) is 5.96 Å². The zero-order chi connectivity index (χ0) is 19.9. The number of fused-ring (bicyclic) bond motifs is 1. The van der Waals surface area contributed by atoms with Crippen molar-refractivity contribution in [3.63, 3.8) is 0 Å². The smallest absolute Gasteiger partial charge is 0.387 e. The minimum atomic E-state index is -2.90. The number of hydrogen-bond acceptors (Lipinski definition) is 3. The number of aromatic nitrogens is 1. The number of methoxy groups -OCH3 is 1. The first-order valence-corrected chi connectivity index (χ1v) is 8.72. The number of nitrogens with zero attached hydrogens (tertiary/aromatic N) is 1. The molecule has 0 spiro atoms. The van der Waals surface area contributed by atoms with Crippen LogP contribution in [0.3, 0.4) is 0 Å². The van der Waals surface area contributed by atoms with Crippen LogP contribution >= 0.6 is 0 Å². The summed E-state index contributed by atoms with van der Waals surface area (Å²) in [6.07, 6.45) is 0. The Balaban J connectivity index is 1.63. The van der Waals surface area contributed by atoms with Crippen LogP contribution in [-0.4, -0.2) is 31.7 Å². The second-order valence-corrected chi connectivity index (χ2v) is 6.01. The predicted molar refractivity (Wildman–Crippen MR) is 105 cm³/mol. The molecule has 28 heavy (non-hydrogen) atoms. The van der Waals surface area contributed by atoms with E-state index in [1.807, 2.05) is 24.3 Å². The molecule has 1 aromatic heterocycles. The predicted octanol–water partition coefficient (Wildman–Crippen LogP) is 3.64. The van der Waals surface area contributed by atoms with Crippen molar-refractivity contribution in [3.05, 3.63) is 59.8 Å². The summed E-state index contributed by atoms with van der Waals surface area (Å²) in [6.45, 7) is -2.12. The fourth-order valence-electron chi connectivity index (χ4n) is 2.84. The molecule has 8 heteroatoms. The number of halogens is 2. The number of ether oxygens (including phenoxy) is 2. The second kappa shape index (κ2) is 9.07. The maximum absolute atomic E-state index is 12.6. The van der Waals surface area contributed by atoms with Crippen molar-refractivity contribution in [1.82, 2.24) is 15.6 Å². The molecule has 0 saturated heterocycles. The number of rotatable bonds is 7. The van der Waals surface area contributed by atoms with Gasteiger partial charge in [0.1, 0.15) is 11.5 Å². The fraction of sp³-hybridized carbons (Fsp3) is 0.250. The summed E-state index contributed by atoms with van der Waals surface area (Å²) in [5.41, 5.74) is 2.60. The highest BCUT2D eigenvalue weighted by Gasteiger charge is 2.12. The summed E-state index contributed by atoms with van der Waals surface area (Å²) in [5, 5.41) is 7.42. The van der Waals surface area contributed by atoms with Gasteiger partial charge in [-0.25, -0.2) is 0 Å². The van der Waals surface area contributed by atoms with Crippen LogP contribution in [0.5, 0.6) is 11.5 Å². The molecule has 0 atom stereocenters. The van der Waals surface area contributed by atoms with E-state index in [2.05, 4.69) is 31.4 Å². The molecule has 6 nitrogen and oxygen atoms in total. The van der Waals surface area contributed by atoms with Gasteiger partial charge in [0.25, 0.3) is 0 Å². The van der Waals surface area contributed by atoms with Gasteiger partial charge in [0.2, 0.25) is 0 Å². The molecule has 0 aliphatic rings. The lowest BCUT2D eigenvalue weighted by Crippen LogP contribution is -2.36. The van der Waals surface area contributed by atoms with Crippen LogP contribution < -0.4 is 20.1 Å². The van der Waals surface area contributed by atoms with Gasteiger partial charge in [-0.2, -0.15) is 8.78 Å². The molecule has 0 unspecified atom stereocenters. The largest absolute Gasteiger partial charge is 0.497 e. The molecular weight excluding hydrogens is 366 g/mol. The Morgan fingerprint density at radius 1 is 1.11 bits per heavy atom. The molecule has 0 aliphatic carbocycles. The van der Waals surface area contributed by atoms with Crippen LogP contribution in [0.1, 0.15) is 11.3 Å². The lowest BCUT2D eigenvalue weighted by Gasteiger charge is -2.15. The van der Waals surface area contributed by atoms with Crippen LogP contribution in [0.15, 0.2) is 53.5 Å². The highest BCUT2D eigenvalue weighted by molar-refractivity contribution is 5.81. The van der Waals surface area contributed by atoms with Crippen molar-refractivity contribution in [3.8, 4) is 11.5 Å². The summed E-state index contributed by atoms with van der Waals surface area (Å²) in [7, 11) is 3.16. The van der Waals surface area contributed by atoms with E-state index in [1.54, 1.807) is 19.2 Å². The van der Waals surface area contributed by atoms with Crippen molar-refractivity contribution >= 4 is 16.9 Å². The molecule has 0 bridgehead atoms. The average molecular weight is 388 g/mol. The molecule has 3 N–H and O–H groups in total. The number of aromatic amines is 1. The van der Waals surface area contributed by atoms with Crippen LogP contribution in [0.4, 0.5) is 8.78 Å². The number of hydrogen-bond donors (Lipinski definition) is 3. The van der Waals surface area contributed by atoms with E-state index in [9.17, 15) is 8.78 Å². The molecule has 1 heterocycles. The maximum atomic E-state index is 12.6. The average Bonchev–Trinajstić information content (AvgIpc) is 3.11. The molecule has 3 rings (SSSR count). The van der Waals surface area contributed by atoms with Crippen molar-refractivity contribution in [1.29, 1.82) is 0 Å². The summed E-state index contributed by atoms with van der Waals surface area (Å²) in [5.74, 6) is 1.18. The Morgan fingerprint density at radius 2 is 1.89 bits per heavy atom. The third-order valence-electron chi connectivity index (χ3n) is 4.19. The molecule has 0 amide bonds. The van der Waals surface area contributed by atoms with Crippen molar-refractivity contribution in [2.75, 3.05) is 14.2 Å². The maximum Gasteiger partial charge on any atom is 0.387 e. The first-order valence-electron chi connectivity index (χ1n) is 8.72. The van der Waals surface area contributed by atoms with Crippen molar-refractivity contribution in [2.24, 2.45) is 4.99 Å². The van der Waals surface area contributed by atoms with Crippen LogP contribution in [-0.2, 0) is 13.1 Å². The fourth-order valence-corrected chi connectivity index (χ4v) is 2.84. The number of H-pyrrole nitrogens is 1. The number of aliphatic imine (C=N–C) groups is 1. The SMILES string of the molecule is CN=C(NCc1cc2ccccc2[nH]1)NCc1cc(OC)ccc1OC(F)F. The number of alkyl halides is 2. The molecule has 0 aliphatic heterocycles. The van der Waals surface area contributed by atoms with Gasteiger partial charge in [-0.05, 0) is 35.7 Å². The van der Waals surface area contributed by atoms with Crippen molar-refractivity contribution < 1.29 is 18.3 Å². The topological polar surface area (TPSA) is 70.7 Å². The second-order valence-electron chi connectivity index (χ2n) is 6.01. The van der Waals surface area contributed by atoms with Crippen LogP contribution in [0, 0.1) is 0 Å². The van der Waals surface area contributed by atoms with E-state index in [0.717, 1.165) is 16.6 Å². The standard InChI is InChI=1S/C20H22F2N4O2/c1-23-20(25-12-15-9-13-5-3-4-6-17(13)26-15)24-11-14-10-16(27-2)7-8-18(14)28-19(21)22/h3-10,19,26H,11-12H2,1-2H3,(H2,23,24,25). The Kier molecular flexibility index (Phi) is 6.31. The molecule has 0 saturated carbocycles. The zero-order valence-corrected chi connectivity index (χ0v) is 15.6. The van der Waals surface area contributed by atoms with Gasteiger partial charge in [-0.1, -0.05) is 18.2 Å². The lowest BCUT2D eigenvalue weighted by atomic mass is 10.2. The molecule has 148 valence electrons. The van der Waals surface area contributed by atoms with E-state index in [0.29, 0.717) is 23.8 Å². The summed E-state index contributed by atoms with van der Waals surface area (Å²) in [6, 6.07) is 14.8. The molecular formula is C20H22F2N4O2. The molecule has 2 aromatic carbocycles. The van der Waals surface area contributed by atoms with Gasteiger partial charge in [-0.15, -0.1) is 0 Å². The molecule has 0 fully saturated rings. The Morgan fingerprint density at radius 3 is 2.61 bits per heavy atom. The zero-order valence-electron chi connectivity index (χ0n) is 15.6. The minimum absolute atomic E-state index is 0.0920. The number of guanidine groups is 1. The third-order valence-corrected chi connectivity index (χ3v) is 4.19. The van der Waals surface area contributed by atoms with E-state index in [4.69, 9.17) is 4.74 Å². The normalized spacial score (nSPS) is 11.7. The van der Waals surface area contributed by atoms with E-state index >= 15 is 0 Å². The highest BCUT2D eigenvalue weighted by atomic mass is 19.3. The summed E-state index contributed by atoms with van der Waals surface area (Å²) in [4.78, 5) is 7.50.